The van der Waals surface area contributed by atoms with Crippen LogP contribution in [0.1, 0.15) is 21.8 Å². The molecule has 0 amide bonds. The van der Waals surface area contributed by atoms with Crippen LogP contribution in [0.15, 0.2) is 42.5 Å². The summed E-state index contributed by atoms with van der Waals surface area (Å²) in [6.45, 7) is 0. The number of rotatable bonds is 3. The van der Waals surface area contributed by atoms with E-state index in [4.69, 9.17) is 16.9 Å². The third kappa shape index (κ3) is 2.84. The summed E-state index contributed by atoms with van der Waals surface area (Å²) in [5.41, 5.74) is 0.0959. The van der Waals surface area contributed by atoms with Crippen LogP contribution in [0.4, 0.5) is 8.78 Å². The van der Waals surface area contributed by atoms with Crippen molar-refractivity contribution < 1.29 is 13.6 Å². The quantitative estimate of drug-likeness (QED) is 0.799. The monoisotopic (exact) mass is 291 g/mol. The highest BCUT2D eigenvalue weighted by molar-refractivity contribution is 6.30. The number of hydrogen-bond acceptors (Lipinski definition) is 2. The van der Waals surface area contributed by atoms with E-state index in [0.29, 0.717) is 5.56 Å². The molecular formula is C15H8ClF2NO. The fraction of sp³-hybridized carbons (Fsp3) is 0.0667. The SMILES string of the molecule is N#CC(C(=O)c1ccc(Cl)cc1F)c1ccc(F)cc1. The first kappa shape index (κ1) is 14.2. The lowest BCUT2D eigenvalue weighted by atomic mass is 9.91. The Kier molecular flexibility index (Phi) is 4.11. The Balaban J connectivity index is 2.39. The Morgan fingerprint density at radius 3 is 2.35 bits per heavy atom. The zero-order chi connectivity index (χ0) is 14.7. The van der Waals surface area contributed by atoms with Gasteiger partial charge in [0.25, 0.3) is 0 Å². The minimum absolute atomic E-state index is 0.161. The molecule has 2 aromatic carbocycles. The van der Waals surface area contributed by atoms with Crippen LogP contribution in [-0.4, -0.2) is 5.78 Å². The third-order valence-corrected chi connectivity index (χ3v) is 3.03. The van der Waals surface area contributed by atoms with Crippen LogP contribution < -0.4 is 0 Å². The second-order valence-corrected chi connectivity index (χ2v) is 4.54. The lowest BCUT2D eigenvalue weighted by Crippen LogP contribution is -2.13. The molecule has 5 heteroatoms. The largest absolute Gasteiger partial charge is 0.292 e. The van der Waals surface area contributed by atoms with Crippen LogP contribution in [0.25, 0.3) is 0 Å². The molecule has 0 aliphatic heterocycles. The Labute approximate surface area is 119 Å². The molecule has 0 radical (unpaired) electrons. The lowest BCUT2D eigenvalue weighted by Gasteiger charge is -2.09. The number of halogens is 3. The molecule has 0 aromatic heterocycles. The number of carbonyl (C=O) groups excluding carboxylic acids is 1. The van der Waals surface area contributed by atoms with Gasteiger partial charge in [-0.3, -0.25) is 4.79 Å². The van der Waals surface area contributed by atoms with Crippen molar-refractivity contribution in [1.82, 2.24) is 0 Å². The maximum Gasteiger partial charge on any atom is 0.187 e. The van der Waals surface area contributed by atoms with Gasteiger partial charge < -0.3 is 0 Å². The molecule has 2 aromatic rings. The van der Waals surface area contributed by atoms with E-state index >= 15 is 0 Å². The molecule has 0 saturated carbocycles. The van der Waals surface area contributed by atoms with Gasteiger partial charge in [-0.05, 0) is 35.9 Å². The van der Waals surface area contributed by atoms with Crippen molar-refractivity contribution in [2.45, 2.75) is 5.92 Å². The topological polar surface area (TPSA) is 40.9 Å². The first-order valence-electron chi connectivity index (χ1n) is 5.67. The average molecular weight is 292 g/mol. The first-order valence-corrected chi connectivity index (χ1v) is 6.05. The number of ketones is 1. The molecule has 0 bridgehead atoms. The molecule has 0 aliphatic carbocycles. The van der Waals surface area contributed by atoms with E-state index in [9.17, 15) is 13.6 Å². The fourth-order valence-electron chi connectivity index (χ4n) is 1.78. The predicted octanol–water partition coefficient (Wildman–Crippen LogP) is 4.11. The Bertz CT molecular complexity index is 692. The van der Waals surface area contributed by atoms with Crippen molar-refractivity contribution in [3.63, 3.8) is 0 Å². The van der Waals surface area contributed by atoms with Crippen molar-refractivity contribution in [3.05, 3.63) is 70.2 Å². The molecule has 0 aliphatic rings. The molecule has 20 heavy (non-hydrogen) atoms. The van der Waals surface area contributed by atoms with Gasteiger partial charge in [0.05, 0.1) is 11.6 Å². The normalized spacial score (nSPS) is 11.7. The number of nitrogens with zero attached hydrogens (tertiary/aromatic N) is 1. The Morgan fingerprint density at radius 2 is 1.80 bits per heavy atom. The van der Waals surface area contributed by atoms with E-state index in [1.165, 1.54) is 24.3 Å². The molecule has 0 N–H and O–H groups in total. The van der Waals surface area contributed by atoms with Crippen LogP contribution in [-0.2, 0) is 0 Å². The average Bonchev–Trinajstić information content (AvgIpc) is 2.41. The van der Waals surface area contributed by atoms with Gasteiger partial charge in [-0.15, -0.1) is 0 Å². The smallest absolute Gasteiger partial charge is 0.187 e. The summed E-state index contributed by atoms with van der Waals surface area (Å²) >= 11 is 5.61. The van der Waals surface area contributed by atoms with Gasteiger partial charge in [0.2, 0.25) is 0 Å². The molecule has 0 heterocycles. The molecule has 2 rings (SSSR count). The number of nitriles is 1. The van der Waals surface area contributed by atoms with Crippen LogP contribution in [0.5, 0.6) is 0 Å². The van der Waals surface area contributed by atoms with Crippen LogP contribution >= 0.6 is 11.6 Å². The Hall–Kier alpha value is -2.25. The zero-order valence-corrected chi connectivity index (χ0v) is 10.9. The number of Topliss-reactive ketones (excluding diaryl/α,β-unsaturated/α-hetero) is 1. The standard InChI is InChI=1S/C15H8ClF2NO/c16-10-3-6-12(14(18)7-10)15(20)13(8-19)9-1-4-11(17)5-2-9/h1-7,13H. The summed E-state index contributed by atoms with van der Waals surface area (Å²) in [4.78, 5) is 12.2. The van der Waals surface area contributed by atoms with Crippen molar-refractivity contribution in [2.24, 2.45) is 0 Å². The summed E-state index contributed by atoms with van der Waals surface area (Å²) in [5, 5.41) is 9.27. The molecular weight excluding hydrogens is 284 g/mol. The predicted molar refractivity (Wildman–Crippen MR) is 70.5 cm³/mol. The highest BCUT2D eigenvalue weighted by atomic mass is 35.5. The van der Waals surface area contributed by atoms with Gasteiger partial charge in [-0.1, -0.05) is 23.7 Å². The van der Waals surface area contributed by atoms with Crippen molar-refractivity contribution in [2.75, 3.05) is 0 Å². The molecule has 1 unspecified atom stereocenters. The minimum atomic E-state index is -1.19. The van der Waals surface area contributed by atoms with Gasteiger partial charge >= 0.3 is 0 Å². The van der Waals surface area contributed by atoms with E-state index in [0.717, 1.165) is 18.2 Å². The maximum absolute atomic E-state index is 13.7. The van der Waals surface area contributed by atoms with E-state index < -0.39 is 23.3 Å². The van der Waals surface area contributed by atoms with E-state index in [2.05, 4.69) is 0 Å². The van der Waals surface area contributed by atoms with Gasteiger partial charge in [-0.2, -0.15) is 5.26 Å². The maximum atomic E-state index is 13.7. The number of carbonyl (C=O) groups is 1. The molecule has 0 fully saturated rings. The van der Waals surface area contributed by atoms with Crippen LogP contribution in [0.2, 0.25) is 5.02 Å². The number of benzene rings is 2. The third-order valence-electron chi connectivity index (χ3n) is 2.79. The highest BCUT2D eigenvalue weighted by Gasteiger charge is 2.24. The van der Waals surface area contributed by atoms with Crippen molar-refractivity contribution in [1.29, 1.82) is 5.26 Å². The molecule has 0 spiro atoms. The number of hydrogen-bond donors (Lipinski definition) is 0. The van der Waals surface area contributed by atoms with Gasteiger partial charge in [0.1, 0.15) is 17.6 Å². The summed E-state index contributed by atoms with van der Waals surface area (Å²) in [5.74, 6) is -3.14. The Morgan fingerprint density at radius 1 is 1.15 bits per heavy atom. The molecule has 100 valence electrons. The van der Waals surface area contributed by atoms with Crippen molar-refractivity contribution in [3.8, 4) is 6.07 Å². The summed E-state index contributed by atoms with van der Waals surface area (Å²) < 4.78 is 26.5. The lowest BCUT2D eigenvalue weighted by molar-refractivity contribution is 0.0975. The fourth-order valence-corrected chi connectivity index (χ4v) is 1.94. The minimum Gasteiger partial charge on any atom is -0.292 e. The summed E-state index contributed by atoms with van der Waals surface area (Å²) in [7, 11) is 0. The second-order valence-electron chi connectivity index (χ2n) is 4.10. The van der Waals surface area contributed by atoms with Crippen LogP contribution in [0.3, 0.4) is 0 Å². The molecule has 0 saturated heterocycles. The van der Waals surface area contributed by atoms with E-state index in [-0.39, 0.29) is 10.6 Å². The summed E-state index contributed by atoms with van der Waals surface area (Å²) in [6, 6.07) is 10.4. The first-order chi connectivity index (χ1) is 9.52. The summed E-state index contributed by atoms with van der Waals surface area (Å²) in [6.07, 6.45) is 0. The second kappa shape index (κ2) is 5.81. The van der Waals surface area contributed by atoms with Crippen LogP contribution in [0, 0.1) is 23.0 Å². The van der Waals surface area contributed by atoms with E-state index in [1.54, 1.807) is 6.07 Å². The van der Waals surface area contributed by atoms with Gasteiger partial charge in [0.15, 0.2) is 5.78 Å². The van der Waals surface area contributed by atoms with E-state index in [1.807, 2.05) is 0 Å². The highest BCUT2D eigenvalue weighted by Crippen LogP contribution is 2.24. The molecule has 1 atom stereocenters. The van der Waals surface area contributed by atoms with Crippen molar-refractivity contribution >= 4 is 17.4 Å². The van der Waals surface area contributed by atoms with Gasteiger partial charge in [0, 0.05) is 5.02 Å². The molecule has 2 nitrogen and oxygen atoms in total. The zero-order valence-electron chi connectivity index (χ0n) is 10.1. The van der Waals surface area contributed by atoms with Gasteiger partial charge in [-0.25, -0.2) is 8.78 Å².